The van der Waals surface area contributed by atoms with Crippen LogP contribution in [-0.2, 0) is 21.5 Å². The van der Waals surface area contributed by atoms with Crippen molar-refractivity contribution in [3.8, 4) is 11.1 Å². The fourth-order valence-electron chi connectivity index (χ4n) is 3.47. The Balaban J connectivity index is 1.56. The second kappa shape index (κ2) is 8.91. The SMILES string of the molecule is CCn1cc(-c2csc([C@@H]3C[C@H](C(=O)Nc4ccc(F)c(Cl)c4)N(C)S(=O)(=O)N3)c2)cn1. The number of benzene rings is 1. The number of hydrogen-bond donors (Lipinski definition) is 2. The van der Waals surface area contributed by atoms with Gasteiger partial charge in [-0.3, -0.25) is 9.48 Å². The monoisotopic (exact) mass is 497 g/mol. The van der Waals surface area contributed by atoms with Gasteiger partial charge in [0.1, 0.15) is 11.9 Å². The number of carbonyl (C=O) groups is 1. The molecule has 1 saturated heterocycles. The zero-order chi connectivity index (χ0) is 23.0. The lowest BCUT2D eigenvalue weighted by atomic mass is 10.0. The van der Waals surface area contributed by atoms with Crippen LogP contribution in [-0.4, -0.2) is 41.5 Å². The molecule has 0 aliphatic carbocycles. The van der Waals surface area contributed by atoms with Crippen molar-refractivity contribution in [1.82, 2.24) is 18.8 Å². The van der Waals surface area contributed by atoms with E-state index in [1.807, 2.05) is 29.2 Å². The van der Waals surface area contributed by atoms with E-state index in [1.54, 1.807) is 6.20 Å². The van der Waals surface area contributed by atoms with Crippen LogP contribution >= 0.6 is 22.9 Å². The normalized spacial score (nSPS) is 20.9. The molecule has 1 fully saturated rings. The standard InChI is InChI=1S/C20H21ClFN5O3S2/c1-3-27-10-13(9-23-27)12-6-19(31-11-12)17-8-18(26(2)32(29,30)25-17)20(28)24-14-4-5-16(22)15(21)7-14/h4-7,9-11,17-18,25H,3,8H2,1-2H3,(H,24,28)/t17-,18+/m0/s1. The first-order valence-electron chi connectivity index (χ1n) is 9.80. The summed E-state index contributed by atoms with van der Waals surface area (Å²) in [4.78, 5) is 13.7. The molecule has 8 nitrogen and oxygen atoms in total. The van der Waals surface area contributed by atoms with Gasteiger partial charge in [0.15, 0.2) is 0 Å². The minimum absolute atomic E-state index is 0.135. The van der Waals surface area contributed by atoms with E-state index in [1.165, 1.54) is 30.5 Å². The van der Waals surface area contributed by atoms with Crippen LogP contribution in [0.5, 0.6) is 0 Å². The summed E-state index contributed by atoms with van der Waals surface area (Å²) >= 11 is 7.19. The van der Waals surface area contributed by atoms with Crippen LogP contribution in [0.3, 0.4) is 0 Å². The van der Waals surface area contributed by atoms with Gasteiger partial charge in [-0.25, -0.2) is 4.39 Å². The Hall–Kier alpha value is -2.31. The summed E-state index contributed by atoms with van der Waals surface area (Å²) in [5.41, 5.74) is 2.16. The number of nitrogens with zero attached hydrogens (tertiary/aromatic N) is 3. The topological polar surface area (TPSA) is 96.3 Å². The zero-order valence-electron chi connectivity index (χ0n) is 17.2. The first-order valence-corrected chi connectivity index (χ1v) is 12.5. The van der Waals surface area contributed by atoms with E-state index in [0.717, 1.165) is 32.9 Å². The maximum absolute atomic E-state index is 13.4. The molecule has 0 spiro atoms. The van der Waals surface area contributed by atoms with Gasteiger partial charge < -0.3 is 5.32 Å². The largest absolute Gasteiger partial charge is 0.325 e. The predicted octanol–water partition coefficient (Wildman–Crippen LogP) is 3.64. The van der Waals surface area contributed by atoms with Gasteiger partial charge in [-0.05, 0) is 48.6 Å². The van der Waals surface area contributed by atoms with Crippen molar-refractivity contribution >= 4 is 44.7 Å². The molecule has 1 aliphatic rings. The molecule has 2 N–H and O–H groups in total. The van der Waals surface area contributed by atoms with E-state index in [4.69, 9.17) is 11.6 Å². The minimum atomic E-state index is -3.89. The molecular formula is C20H21ClFN5O3S2. The van der Waals surface area contributed by atoms with Crippen LogP contribution < -0.4 is 10.0 Å². The Bertz CT molecular complexity index is 1260. The molecule has 1 aromatic carbocycles. The van der Waals surface area contributed by atoms with Gasteiger partial charge in [0, 0.05) is 35.9 Å². The lowest BCUT2D eigenvalue weighted by molar-refractivity contribution is -0.120. The molecule has 0 unspecified atom stereocenters. The van der Waals surface area contributed by atoms with Crippen LogP contribution in [0.4, 0.5) is 10.1 Å². The van der Waals surface area contributed by atoms with E-state index in [9.17, 15) is 17.6 Å². The number of amides is 1. The number of likely N-dealkylation sites (N-methyl/N-ethyl adjacent to an activating group) is 1. The highest BCUT2D eigenvalue weighted by molar-refractivity contribution is 7.87. The Morgan fingerprint density at radius 1 is 1.38 bits per heavy atom. The molecule has 1 aliphatic heterocycles. The number of halogens is 2. The van der Waals surface area contributed by atoms with Crippen molar-refractivity contribution in [2.75, 3.05) is 12.4 Å². The van der Waals surface area contributed by atoms with E-state index < -0.39 is 34.0 Å². The van der Waals surface area contributed by atoms with Gasteiger partial charge in [0.05, 0.1) is 17.3 Å². The molecule has 12 heteroatoms. The summed E-state index contributed by atoms with van der Waals surface area (Å²) in [6.07, 6.45) is 3.91. The average molecular weight is 498 g/mol. The van der Waals surface area contributed by atoms with Crippen molar-refractivity contribution in [2.45, 2.75) is 32.0 Å². The predicted molar refractivity (Wildman–Crippen MR) is 122 cm³/mol. The lowest BCUT2D eigenvalue weighted by Gasteiger charge is -2.35. The first-order chi connectivity index (χ1) is 15.2. The average Bonchev–Trinajstić information content (AvgIpc) is 3.42. The maximum Gasteiger partial charge on any atom is 0.280 e. The molecule has 2 aromatic heterocycles. The van der Waals surface area contributed by atoms with Crippen LogP contribution in [0, 0.1) is 5.82 Å². The molecule has 0 bridgehead atoms. The highest BCUT2D eigenvalue weighted by Crippen LogP contribution is 2.35. The molecule has 3 aromatic rings. The van der Waals surface area contributed by atoms with Gasteiger partial charge in [0.2, 0.25) is 5.91 Å². The highest BCUT2D eigenvalue weighted by atomic mass is 35.5. The summed E-state index contributed by atoms with van der Waals surface area (Å²) in [7, 11) is -2.54. The number of rotatable bonds is 5. The third kappa shape index (κ3) is 4.57. The van der Waals surface area contributed by atoms with E-state index >= 15 is 0 Å². The van der Waals surface area contributed by atoms with Crippen LogP contribution in [0.2, 0.25) is 5.02 Å². The number of carbonyl (C=O) groups excluding carboxylic acids is 1. The Morgan fingerprint density at radius 3 is 2.84 bits per heavy atom. The van der Waals surface area contributed by atoms with E-state index in [-0.39, 0.29) is 17.1 Å². The summed E-state index contributed by atoms with van der Waals surface area (Å²) in [5.74, 6) is -1.13. The molecule has 2 atom stereocenters. The zero-order valence-corrected chi connectivity index (χ0v) is 19.6. The number of thiophene rings is 1. The fourth-order valence-corrected chi connectivity index (χ4v) is 5.97. The summed E-state index contributed by atoms with van der Waals surface area (Å²) in [5, 5.41) is 8.70. The number of aromatic nitrogens is 2. The third-order valence-electron chi connectivity index (χ3n) is 5.31. The number of nitrogens with one attached hydrogen (secondary N) is 2. The number of anilines is 1. The molecule has 32 heavy (non-hydrogen) atoms. The van der Waals surface area contributed by atoms with Crippen molar-refractivity contribution in [1.29, 1.82) is 0 Å². The lowest BCUT2D eigenvalue weighted by Crippen LogP contribution is -2.55. The number of hydrogen-bond acceptors (Lipinski definition) is 5. The second-order valence-corrected chi connectivity index (χ2v) is 10.5. The number of aryl methyl sites for hydroxylation is 1. The Kier molecular flexibility index (Phi) is 6.37. The van der Waals surface area contributed by atoms with Crippen molar-refractivity contribution < 1.29 is 17.6 Å². The summed E-state index contributed by atoms with van der Waals surface area (Å²) in [6.45, 7) is 2.75. The molecule has 0 radical (unpaired) electrons. The molecule has 4 rings (SSSR count). The Morgan fingerprint density at radius 2 is 2.16 bits per heavy atom. The van der Waals surface area contributed by atoms with Crippen molar-refractivity contribution in [2.24, 2.45) is 0 Å². The van der Waals surface area contributed by atoms with Gasteiger partial charge in [-0.1, -0.05) is 11.6 Å². The second-order valence-electron chi connectivity index (χ2n) is 7.38. The van der Waals surface area contributed by atoms with Gasteiger partial charge in [-0.15, -0.1) is 11.3 Å². The Labute approximate surface area is 194 Å². The van der Waals surface area contributed by atoms with Crippen molar-refractivity contribution in [3.63, 3.8) is 0 Å². The smallest absolute Gasteiger partial charge is 0.280 e. The van der Waals surface area contributed by atoms with Crippen LogP contribution in [0.15, 0.2) is 42.0 Å². The van der Waals surface area contributed by atoms with Crippen molar-refractivity contribution in [3.05, 3.63) is 57.8 Å². The molecular weight excluding hydrogens is 477 g/mol. The van der Waals surface area contributed by atoms with Gasteiger partial charge in [-0.2, -0.15) is 22.5 Å². The third-order valence-corrected chi connectivity index (χ3v) is 8.24. The molecule has 0 saturated carbocycles. The quantitative estimate of drug-likeness (QED) is 0.562. The van der Waals surface area contributed by atoms with E-state index in [0.29, 0.717) is 0 Å². The highest BCUT2D eigenvalue weighted by Gasteiger charge is 2.41. The summed E-state index contributed by atoms with van der Waals surface area (Å²) in [6, 6.07) is 4.18. The molecule has 170 valence electrons. The fraction of sp³-hybridized carbons (Fsp3) is 0.300. The molecule has 3 heterocycles. The van der Waals surface area contributed by atoms with Crippen LogP contribution in [0.25, 0.3) is 11.1 Å². The van der Waals surface area contributed by atoms with Gasteiger partial charge in [0.25, 0.3) is 10.2 Å². The van der Waals surface area contributed by atoms with E-state index in [2.05, 4.69) is 15.1 Å². The minimum Gasteiger partial charge on any atom is -0.325 e. The van der Waals surface area contributed by atoms with Gasteiger partial charge >= 0.3 is 0 Å². The van der Waals surface area contributed by atoms with Crippen LogP contribution in [0.1, 0.15) is 24.3 Å². The molecule has 1 amide bonds. The maximum atomic E-state index is 13.4. The summed E-state index contributed by atoms with van der Waals surface area (Å²) < 4.78 is 44.3. The first kappa shape index (κ1) is 22.9.